The monoisotopic (exact) mass is 468 g/mol. The van der Waals surface area contributed by atoms with E-state index in [1.54, 1.807) is 4.72 Å². The Morgan fingerprint density at radius 2 is 1.59 bits per heavy atom. The van der Waals surface area contributed by atoms with Crippen LogP contribution in [0.25, 0.3) is 0 Å². The normalized spacial score (nSPS) is 10.6. The van der Waals surface area contributed by atoms with Gasteiger partial charge in [-0.2, -0.15) is 9.97 Å². The molecule has 15 heteroatoms. The molecule has 0 aliphatic carbocycles. The zero-order chi connectivity index (χ0) is 24.1. The number of amides is 4. The van der Waals surface area contributed by atoms with Crippen LogP contribution in [0.5, 0.6) is 11.8 Å². The number of rotatable bonds is 7. The summed E-state index contributed by atoms with van der Waals surface area (Å²) < 4.78 is 37.3. The highest BCUT2D eigenvalue weighted by Gasteiger charge is 2.26. The highest BCUT2D eigenvalue weighted by molar-refractivity contribution is 7.90. The van der Waals surface area contributed by atoms with Crippen LogP contribution in [-0.2, 0) is 10.0 Å². The maximum atomic E-state index is 12.9. The van der Waals surface area contributed by atoms with Crippen LogP contribution in [0.15, 0.2) is 29.2 Å². The number of carbonyl (C=O) groups is 3. The second kappa shape index (κ2) is 9.78. The fourth-order valence-corrected chi connectivity index (χ4v) is 3.47. The average molecular weight is 468 g/mol. The van der Waals surface area contributed by atoms with E-state index in [-0.39, 0.29) is 29.0 Å². The van der Waals surface area contributed by atoms with Crippen molar-refractivity contribution < 1.29 is 37.4 Å². The summed E-state index contributed by atoms with van der Waals surface area (Å²) in [5, 5.41) is 13.0. The van der Waals surface area contributed by atoms with Crippen LogP contribution in [0.1, 0.15) is 10.4 Å². The first-order valence-corrected chi connectivity index (χ1v) is 10.1. The minimum absolute atomic E-state index is 0.0429. The van der Waals surface area contributed by atoms with Crippen LogP contribution in [0, 0.1) is 0 Å². The summed E-state index contributed by atoms with van der Waals surface area (Å²) in [5.74, 6) is -0.920. The molecular formula is C17H20N6O8S. The van der Waals surface area contributed by atoms with E-state index in [1.807, 2.05) is 5.32 Å². The van der Waals surface area contributed by atoms with Crippen molar-refractivity contribution >= 4 is 39.7 Å². The number of methoxy groups -OCH3 is 2. The van der Waals surface area contributed by atoms with Gasteiger partial charge in [-0.15, -0.1) is 0 Å². The summed E-state index contributed by atoms with van der Waals surface area (Å²) in [6, 6.07) is 3.32. The molecule has 0 spiro atoms. The van der Waals surface area contributed by atoms with Gasteiger partial charge in [0.25, 0.3) is 15.9 Å². The van der Waals surface area contributed by atoms with Gasteiger partial charge in [-0.3, -0.25) is 15.4 Å². The van der Waals surface area contributed by atoms with Crippen LogP contribution in [0.2, 0.25) is 0 Å². The van der Waals surface area contributed by atoms with E-state index in [2.05, 4.69) is 15.3 Å². The van der Waals surface area contributed by atoms with Crippen molar-refractivity contribution in [1.29, 1.82) is 0 Å². The fourth-order valence-electron chi connectivity index (χ4n) is 2.34. The Bertz CT molecular complexity index is 1130. The molecule has 0 saturated heterocycles. The first-order chi connectivity index (χ1) is 15.0. The summed E-state index contributed by atoms with van der Waals surface area (Å²) in [7, 11) is 0.792. The zero-order valence-electron chi connectivity index (χ0n) is 17.4. The molecular weight excluding hydrogens is 448 g/mol. The van der Waals surface area contributed by atoms with Gasteiger partial charge < -0.3 is 19.5 Å². The van der Waals surface area contributed by atoms with Crippen molar-refractivity contribution in [1.82, 2.24) is 19.6 Å². The molecule has 0 aliphatic rings. The lowest BCUT2D eigenvalue weighted by atomic mass is 10.2. The smallest absolute Gasteiger partial charge is 0.409 e. The maximum absolute atomic E-state index is 12.9. The Labute approximate surface area is 182 Å². The van der Waals surface area contributed by atoms with E-state index in [4.69, 9.17) is 14.6 Å². The molecule has 4 N–H and O–H groups in total. The number of ether oxygens (including phenoxy) is 2. The Morgan fingerprint density at radius 1 is 1.00 bits per heavy atom. The number of urea groups is 1. The van der Waals surface area contributed by atoms with E-state index >= 15 is 0 Å². The minimum atomic E-state index is -4.64. The van der Waals surface area contributed by atoms with Crippen molar-refractivity contribution in [3.63, 3.8) is 0 Å². The Morgan fingerprint density at radius 3 is 2.09 bits per heavy atom. The van der Waals surface area contributed by atoms with Crippen LogP contribution in [-0.4, -0.2) is 74.7 Å². The molecule has 0 fully saturated rings. The standard InChI is InChI=1S/C17H20N6O8S/c1-23(2)14(24)10-6-5-9(18-17(26)27)7-11(10)32(28,29)22-16(25)21-15-19-12(30-3)8-13(20-15)31-4/h5-8,18H,1-4H3,(H,26,27)(H2,19,20,21,22,25). The molecule has 14 nitrogen and oxygen atoms in total. The van der Waals surface area contributed by atoms with E-state index in [9.17, 15) is 22.8 Å². The SMILES string of the molecule is COc1cc(OC)nc(NC(=O)NS(=O)(=O)c2cc(NC(=O)O)ccc2C(=O)N(C)C)n1. The van der Waals surface area contributed by atoms with Gasteiger partial charge in [0, 0.05) is 19.8 Å². The van der Waals surface area contributed by atoms with E-state index in [1.165, 1.54) is 40.4 Å². The Hall–Kier alpha value is -4.14. The van der Waals surface area contributed by atoms with Crippen molar-refractivity contribution in [3.05, 3.63) is 29.8 Å². The molecule has 0 unspecified atom stereocenters. The predicted molar refractivity (Wildman–Crippen MR) is 111 cm³/mol. The van der Waals surface area contributed by atoms with E-state index < -0.39 is 33.0 Å². The van der Waals surface area contributed by atoms with Gasteiger partial charge in [-0.05, 0) is 18.2 Å². The third-order valence-corrected chi connectivity index (χ3v) is 5.08. The van der Waals surface area contributed by atoms with Crippen molar-refractivity contribution in [2.24, 2.45) is 0 Å². The van der Waals surface area contributed by atoms with Crippen LogP contribution >= 0.6 is 0 Å². The van der Waals surface area contributed by atoms with Gasteiger partial charge in [0.05, 0.1) is 25.8 Å². The molecule has 0 saturated carbocycles. The third-order valence-electron chi connectivity index (χ3n) is 3.71. The topological polar surface area (TPSA) is 189 Å². The molecule has 172 valence electrons. The van der Waals surface area contributed by atoms with Crippen molar-refractivity contribution in [2.75, 3.05) is 38.9 Å². The van der Waals surface area contributed by atoms with Gasteiger partial charge in [-0.25, -0.2) is 22.7 Å². The summed E-state index contributed by atoms with van der Waals surface area (Å²) in [6.07, 6.45) is -1.45. The summed E-state index contributed by atoms with van der Waals surface area (Å²) >= 11 is 0. The number of benzene rings is 1. The molecule has 1 aromatic carbocycles. The Kier molecular flexibility index (Phi) is 7.37. The predicted octanol–water partition coefficient (Wildman–Crippen LogP) is 0.796. The van der Waals surface area contributed by atoms with Crippen LogP contribution in [0.4, 0.5) is 21.2 Å². The van der Waals surface area contributed by atoms with E-state index in [0.29, 0.717) is 0 Å². The van der Waals surface area contributed by atoms with Gasteiger partial charge in [-0.1, -0.05) is 0 Å². The molecule has 32 heavy (non-hydrogen) atoms. The molecule has 0 aliphatic heterocycles. The molecule has 4 amide bonds. The fraction of sp³-hybridized carbons (Fsp3) is 0.235. The van der Waals surface area contributed by atoms with Crippen molar-refractivity contribution in [2.45, 2.75) is 4.90 Å². The van der Waals surface area contributed by atoms with Gasteiger partial charge in [0.2, 0.25) is 17.7 Å². The maximum Gasteiger partial charge on any atom is 0.409 e. The van der Waals surface area contributed by atoms with Crippen molar-refractivity contribution in [3.8, 4) is 11.8 Å². The van der Waals surface area contributed by atoms with Gasteiger partial charge in [0.1, 0.15) is 4.90 Å². The molecule has 2 aromatic rings. The first-order valence-electron chi connectivity index (χ1n) is 8.63. The number of carbonyl (C=O) groups excluding carboxylic acids is 2. The summed E-state index contributed by atoms with van der Waals surface area (Å²) in [6.45, 7) is 0. The molecule has 2 rings (SSSR count). The quantitative estimate of drug-likeness (QED) is 0.452. The lowest BCUT2D eigenvalue weighted by Gasteiger charge is -2.16. The van der Waals surface area contributed by atoms with Gasteiger partial charge >= 0.3 is 12.1 Å². The Balaban J connectivity index is 2.38. The molecule has 0 atom stereocenters. The highest BCUT2D eigenvalue weighted by atomic mass is 32.2. The molecule has 0 radical (unpaired) electrons. The number of nitrogens with zero attached hydrogens (tertiary/aromatic N) is 3. The van der Waals surface area contributed by atoms with E-state index in [0.717, 1.165) is 17.0 Å². The molecule has 1 heterocycles. The van der Waals surface area contributed by atoms with Crippen LogP contribution in [0.3, 0.4) is 0 Å². The number of sulfonamides is 1. The van der Waals surface area contributed by atoms with Gasteiger partial charge in [0.15, 0.2) is 0 Å². The third kappa shape index (κ3) is 5.94. The number of hydrogen-bond acceptors (Lipinski definition) is 9. The number of hydrogen-bond donors (Lipinski definition) is 4. The van der Waals surface area contributed by atoms with Crippen LogP contribution < -0.4 is 24.8 Å². The second-order valence-electron chi connectivity index (χ2n) is 6.18. The lowest BCUT2D eigenvalue weighted by Crippen LogP contribution is -2.36. The number of anilines is 2. The number of carboxylic acid groups (broad SMARTS) is 1. The lowest BCUT2D eigenvalue weighted by molar-refractivity contribution is 0.0824. The average Bonchev–Trinajstić information content (AvgIpc) is 2.71. The number of nitrogens with one attached hydrogen (secondary N) is 3. The minimum Gasteiger partial charge on any atom is -0.481 e. The molecule has 0 bridgehead atoms. The summed E-state index contributed by atoms with van der Waals surface area (Å²) in [5.41, 5.74) is -0.417. The number of aromatic nitrogens is 2. The molecule has 1 aromatic heterocycles. The summed E-state index contributed by atoms with van der Waals surface area (Å²) in [4.78, 5) is 43.8. The largest absolute Gasteiger partial charge is 0.481 e. The zero-order valence-corrected chi connectivity index (χ0v) is 18.2. The highest BCUT2D eigenvalue weighted by Crippen LogP contribution is 2.23. The second-order valence-corrected chi connectivity index (χ2v) is 7.83. The first kappa shape index (κ1) is 24.1.